The van der Waals surface area contributed by atoms with Crippen LogP contribution in [0.5, 0.6) is 0 Å². The van der Waals surface area contributed by atoms with Crippen LogP contribution >= 0.6 is 11.6 Å². The molecule has 1 aliphatic heterocycles. The summed E-state index contributed by atoms with van der Waals surface area (Å²) >= 11 is 5.90. The predicted octanol–water partition coefficient (Wildman–Crippen LogP) is 1.93. The highest BCUT2D eigenvalue weighted by atomic mass is 35.5. The molecule has 0 spiro atoms. The zero-order chi connectivity index (χ0) is 17.5. The zero-order valence-corrected chi connectivity index (χ0v) is 14.0. The molecule has 1 aromatic rings. The topological polar surface area (TPSA) is 64.7 Å². The van der Waals surface area contributed by atoms with E-state index < -0.39 is 5.82 Å². The standard InChI is InChI=1S/C16H20ClFN4O2/c1-2-5-19-15(23)11-21-6-8-22(9-7-21)16(24)20-14-4-3-12(18)10-13(14)17/h2-4,10H,1,5-9,11H2,(H,19,23)(H,20,24). The van der Waals surface area contributed by atoms with E-state index in [1.54, 1.807) is 11.0 Å². The molecule has 0 bridgehead atoms. The van der Waals surface area contributed by atoms with Gasteiger partial charge in [0.15, 0.2) is 0 Å². The van der Waals surface area contributed by atoms with Crippen molar-refractivity contribution < 1.29 is 14.0 Å². The molecule has 6 nitrogen and oxygen atoms in total. The van der Waals surface area contributed by atoms with Gasteiger partial charge in [0.2, 0.25) is 5.91 Å². The van der Waals surface area contributed by atoms with E-state index in [1.165, 1.54) is 12.1 Å². The second kappa shape index (κ2) is 8.65. The van der Waals surface area contributed by atoms with Gasteiger partial charge in [-0.25, -0.2) is 9.18 Å². The van der Waals surface area contributed by atoms with Crippen LogP contribution in [0.4, 0.5) is 14.9 Å². The molecule has 8 heteroatoms. The van der Waals surface area contributed by atoms with Gasteiger partial charge in [-0.15, -0.1) is 6.58 Å². The monoisotopic (exact) mass is 354 g/mol. The average molecular weight is 355 g/mol. The maximum atomic E-state index is 13.0. The largest absolute Gasteiger partial charge is 0.352 e. The Hall–Kier alpha value is -2.12. The normalized spacial score (nSPS) is 15.0. The number of rotatable bonds is 5. The van der Waals surface area contributed by atoms with E-state index in [-0.39, 0.29) is 17.0 Å². The summed E-state index contributed by atoms with van der Waals surface area (Å²) in [5.41, 5.74) is 0.370. The highest BCUT2D eigenvalue weighted by molar-refractivity contribution is 6.33. The van der Waals surface area contributed by atoms with Crippen LogP contribution in [0, 0.1) is 5.82 Å². The number of hydrogen-bond donors (Lipinski definition) is 2. The van der Waals surface area contributed by atoms with Crippen LogP contribution in [0.25, 0.3) is 0 Å². The first-order valence-corrected chi connectivity index (χ1v) is 7.98. The summed E-state index contributed by atoms with van der Waals surface area (Å²) in [6.45, 7) is 6.49. The summed E-state index contributed by atoms with van der Waals surface area (Å²) in [7, 11) is 0. The van der Waals surface area contributed by atoms with E-state index >= 15 is 0 Å². The third kappa shape index (κ3) is 5.21. The third-order valence-electron chi connectivity index (χ3n) is 3.64. The van der Waals surface area contributed by atoms with Gasteiger partial charge < -0.3 is 15.5 Å². The molecule has 0 atom stereocenters. The van der Waals surface area contributed by atoms with E-state index in [1.807, 2.05) is 4.90 Å². The summed E-state index contributed by atoms with van der Waals surface area (Å²) in [6, 6.07) is 3.52. The highest BCUT2D eigenvalue weighted by Crippen LogP contribution is 2.22. The molecule has 1 saturated heterocycles. The number of anilines is 1. The molecule has 0 unspecified atom stereocenters. The molecule has 0 aliphatic carbocycles. The molecular weight excluding hydrogens is 335 g/mol. The minimum absolute atomic E-state index is 0.0640. The molecule has 0 radical (unpaired) electrons. The van der Waals surface area contributed by atoms with Crippen LogP contribution in [0.15, 0.2) is 30.9 Å². The maximum Gasteiger partial charge on any atom is 0.321 e. The minimum Gasteiger partial charge on any atom is -0.352 e. The Morgan fingerprint density at radius 1 is 1.29 bits per heavy atom. The molecule has 1 aliphatic rings. The van der Waals surface area contributed by atoms with Gasteiger partial charge in [0.05, 0.1) is 17.3 Å². The second-order valence-corrected chi connectivity index (χ2v) is 5.82. The van der Waals surface area contributed by atoms with E-state index in [4.69, 9.17) is 11.6 Å². The molecule has 130 valence electrons. The molecule has 2 rings (SSSR count). The molecule has 0 aromatic heterocycles. The highest BCUT2D eigenvalue weighted by Gasteiger charge is 2.22. The summed E-state index contributed by atoms with van der Waals surface area (Å²) in [5, 5.41) is 5.54. The van der Waals surface area contributed by atoms with Crippen molar-refractivity contribution in [3.8, 4) is 0 Å². The van der Waals surface area contributed by atoms with Gasteiger partial charge in [0.1, 0.15) is 5.82 Å². The summed E-state index contributed by atoms with van der Waals surface area (Å²) in [6.07, 6.45) is 1.63. The van der Waals surface area contributed by atoms with Crippen molar-refractivity contribution in [2.45, 2.75) is 0 Å². The molecule has 0 saturated carbocycles. The lowest BCUT2D eigenvalue weighted by Crippen LogP contribution is -2.52. The first-order valence-electron chi connectivity index (χ1n) is 7.60. The van der Waals surface area contributed by atoms with Crippen LogP contribution in [0.3, 0.4) is 0 Å². The first-order chi connectivity index (χ1) is 11.5. The predicted molar refractivity (Wildman–Crippen MR) is 91.6 cm³/mol. The Balaban J connectivity index is 1.80. The second-order valence-electron chi connectivity index (χ2n) is 5.41. The van der Waals surface area contributed by atoms with Crippen LogP contribution in [-0.2, 0) is 4.79 Å². The Morgan fingerprint density at radius 2 is 2.00 bits per heavy atom. The third-order valence-corrected chi connectivity index (χ3v) is 3.96. The van der Waals surface area contributed by atoms with Crippen molar-refractivity contribution in [1.82, 2.24) is 15.1 Å². The number of amides is 3. The fourth-order valence-electron chi connectivity index (χ4n) is 2.34. The van der Waals surface area contributed by atoms with Gasteiger partial charge in [0, 0.05) is 32.7 Å². The lowest BCUT2D eigenvalue weighted by Gasteiger charge is -2.34. The van der Waals surface area contributed by atoms with Crippen LogP contribution in [0.2, 0.25) is 5.02 Å². The number of benzene rings is 1. The number of halogens is 2. The molecule has 1 aromatic carbocycles. The number of carbonyl (C=O) groups is 2. The Bertz CT molecular complexity index is 618. The van der Waals surface area contributed by atoms with Crippen molar-refractivity contribution in [2.75, 3.05) is 44.6 Å². The lowest BCUT2D eigenvalue weighted by atomic mass is 10.3. The van der Waals surface area contributed by atoms with Crippen LogP contribution in [-0.4, -0.2) is 61.0 Å². The van der Waals surface area contributed by atoms with Crippen molar-refractivity contribution in [2.24, 2.45) is 0 Å². The average Bonchev–Trinajstić information content (AvgIpc) is 2.56. The number of nitrogens with zero attached hydrogens (tertiary/aromatic N) is 2. The summed E-state index contributed by atoms with van der Waals surface area (Å²) in [5.74, 6) is -0.521. The van der Waals surface area contributed by atoms with E-state index in [0.717, 1.165) is 6.07 Å². The molecular formula is C16H20ClFN4O2. The smallest absolute Gasteiger partial charge is 0.321 e. The van der Waals surface area contributed by atoms with Gasteiger partial charge in [-0.3, -0.25) is 9.69 Å². The van der Waals surface area contributed by atoms with E-state index in [9.17, 15) is 14.0 Å². The summed E-state index contributed by atoms with van der Waals surface area (Å²) in [4.78, 5) is 27.5. The number of nitrogens with one attached hydrogen (secondary N) is 2. The van der Waals surface area contributed by atoms with Gasteiger partial charge in [-0.2, -0.15) is 0 Å². The van der Waals surface area contributed by atoms with Crippen LogP contribution < -0.4 is 10.6 Å². The van der Waals surface area contributed by atoms with Gasteiger partial charge in [-0.1, -0.05) is 17.7 Å². The number of hydrogen-bond acceptors (Lipinski definition) is 3. The quantitative estimate of drug-likeness (QED) is 0.794. The SMILES string of the molecule is C=CCNC(=O)CN1CCN(C(=O)Nc2ccc(F)cc2Cl)CC1. The van der Waals surface area contributed by atoms with Gasteiger partial charge in [-0.05, 0) is 18.2 Å². The number of piperazine rings is 1. The maximum absolute atomic E-state index is 13.0. The van der Waals surface area contributed by atoms with E-state index in [2.05, 4.69) is 17.2 Å². The molecule has 1 fully saturated rings. The minimum atomic E-state index is -0.457. The molecule has 24 heavy (non-hydrogen) atoms. The fourth-order valence-corrected chi connectivity index (χ4v) is 2.55. The van der Waals surface area contributed by atoms with Crippen molar-refractivity contribution in [1.29, 1.82) is 0 Å². The van der Waals surface area contributed by atoms with Gasteiger partial charge >= 0.3 is 6.03 Å². The molecule has 1 heterocycles. The number of carbonyl (C=O) groups excluding carboxylic acids is 2. The van der Waals surface area contributed by atoms with Crippen molar-refractivity contribution >= 4 is 29.2 Å². The lowest BCUT2D eigenvalue weighted by molar-refractivity contribution is -0.122. The molecule has 3 amide bonds. The van der Waals surface area contributed by atoms with E-state index in [0.29, 0.717) is 45.0 Å². The van der Waals surface area contributed by atoms with Crippen molar-refractivity contribution in [3.63, 3.8) is 0 Å². The van der Waals surface area contributed by atoms with Crippen molar-refractivity contribution in [3.05, 3.63) is 41.7 Å². The van der Waals surface area contributed by atoms with Crippen LogP contribution in [0.1, 0.15) is 0 Å². The Morgan fingerprint density at radius 3 is 2.62 bits per heavy atom. The fraction of sp³-hybridized carbons (Fsp3) is 0.375. The number of urea groups is 1. The Kier molecular flexibility index (Phi) is 6.57. The first kappa shape index (κ1) is 18.2. The zero-order valence-electron chi connectivity index (χ0n) is 13.2. The molecule has 2 N–H and O–H groups in total. The summed E-state index contributed by atoms with van der Waals surface area (Å²) < 4.78 is 13.0. The van der Waals surface area contributed by atoms with Gasteiger partial charge in [0.25, 0.3) is 0 Å². The Labute approximate surface area is 145 Å².